The van der Waals surface area contributed by atoms with Crippen LogP contribution in [0, 0.1) is 0 Å². The monoisotopic (exact) mass is 254 g/mol. The highest BCUT2D eigenvalue weighted by Gasteiger charge is 2.17. The second kappa shape index (κ2) is 6.62. The smallest absolute Gasteiger partial charge is 0.239 e. The van der Waals surface area contributed by atoms with Crippen LogP contribution in [0.4, 0.5) is 0 Å². The molecule has 0 saturated carbocycles. The molecule has 3 nitrogen and oxygen atoms in total. The van der Waals surface area contributed by atoms with Crippen molar-refractivity contribution in [2.75, 3.05) is 7.05 Å². The summed E-state index contributed by atoms with van der Waals surface area (Å²) < 4.78 is 0. The van der Waals surface area contributed by atoms with Crippen molar-refractivity contribution in [3.8, 4) is 0 Å². The Balaban J connectivity index is 2.63. The molecule has 0 bridgehead atoms. The topological polar surface area (TPSA) is 46.3 Å². The quantitative estimate of drug-likeness (QED) is 0.877. The Labute approximate surface area is 108 Å². The molecule has 2 N–H and O–H groups in total. The van der Waals surface area contributed by atoms with Crippen LogP contribution in [0.2, 0.25) is 5.02 Å². The van der Waals surface area contributed by atoms with Gasteiger partial charge in [0, 0.05) is 18.6 Å². The van der Waals surface area contributed by atoms with E-state index in [1.807, 2.05) is 31.2 Å². The second-order valence-corrected chi connectivity index (χ2v) is 4.59. The molecule has 1 atom stereocenters. The van der Waals surface area contributed by atoms with Gasteiger partial charge in [-0.25, -0.2) is 0 Å². The van der Waals surface area contributed by atoms with E-state index in [0.29, 0.717) is 18.0 Å². The highest BCUT2D eigenvalue weighted by molar-refractivity contribution is 6.31. The molecule has 0 aliphatic carbocycles. The molecule has 1 unspecified atom stereocenters. The van der Waals surface area contributed by atoms with E-state index in [1.165, 1.54) is 0 Å². The lowest BCUT2D eigenvalue weighted by Gasteiger charge is -2.21. The number of likely N-dealkylation sites (N-methyl/N-ethyl adjacent to an activating group) is 1. The lowest BCUT2D eigenvalue weighted by atomic mass is 10.1. The average molecular weight is 255 g/mol. The number of hydrogen-bond acceptors (Lipinski definition) is 2. The van der Waals surface area contributed by atoms with E-state index in [1.54, 1.807) is 11.9 Å². The van der Waals surface area contributed by atoms with Crippen molar-refractivity contribution in [3.63, 3.8) is 0 Å². The Kier molecular flexibility index (Phi) is 5.45. The van der Waals surface area contributed by atoms with Crippen LogP contribution in [-0.2, 0) is 11.3 Å². The number of nitrogens with zero attached hydrogens (tertiary/aromatic N) is 1. The van der Waals surface area contributed by atoms with Crippen molar-refractivity contribution in [1.29, 1.82) is 0 Å². The molecule has 1 rings (SSSR count). The third-order valence-corrected chi connectivity index (χ3v) is 3.03. The van der Waals surface area contributed by atoms with Crippen molar-refractivity contribution >= 4 is 17.5 Å². The molecular formula is C13H19ClN2O. The normalized spacial score (nSPS) is 12.2. The van der Waals surface area contributed by atoms with E-state index >= 15 is 0 Å². The summed E-state index contributed by atoms with van der Waals surface area (Å²) in [5.74, 6) is -0.0354. The maximum Gasteiger partial charge on any atom is 0.239 e. The zero-order valence-electron chi connectivity index (χ0n) is 10.3. The number of carbonyl (C=O) groups excluding carboxylic acids is 1. The highest BCUT2D eigenvalue weighted by Crippen LogP contribution is 2.16. The van der Waals surface area contributed by atoms with E-state index in [4.69, 9.17) is 17.3 Å². The maximum absolute atomic E-state index is 11.9. The van der Waals surface area contributed by atoms with Crippen LogP contribution in [0.5, 0.6) is 0 Å². The molecule has 1 amide bonds. The highest BCUT2D eigenvalue weighted by atomic mass is 35.5. The molecule has 0 saturated heterocycles. The maximum atomic E-state index is 11.9. The molecule has 0 aromatic heterocycles. The summed E-state index contributed by atoms with van der Waals surface area (Å²) in [7, 11) is 1.75. The lowest BCUT2D eigenvalue weighted by Crippen LogP contribution is -2.41. The standard InChI is InChI=1S/C13H19ClN2O/c1-3-6-12(15)13(17)16(2)9-10-7-4-5-8-11(10)14/h4-5,7-8,12H,3,6,9,15H2,1-2H3. The third kappa shape index (κ3) is 4.02. The average Bonchev–Trinajstić information content (AvgIpc) is 2.31. The van der Waals surface area contributed by atoms with Crippen molar-refractivity contribution in [2.24, 2.45) is 5.73 Å². The van der Waals surface area contributed by atoms with Crippen molar-refractivity contribution in [2.45, 2.75) is 32.4 Å². The summed E-state index contributed by atoms with van der Waals surface area (Å²) in [5, 5.41) is 0.677. The largest absolute Gasteiger partial charge is 0.340 e. The summed E-state index contributed by atoms with van der Waals surface area (Å²) in [6.45, 7) is 2.51. The zero-order chi connectivity index (χ0) is 12.8. The van der Waals surface area contributed by atoms with Crippen LogP contribution in [0.15, 0.2) is 24.3 Å². The molecule has 1 aromatic carbocycles. The number of benzene rings is 1. The van der Waals surface area contributed by atoms with Crippen LogP contribution in [0.25, 0.3) is 0 Å². The Bertz CT molecular complexity index is 381. The Morgan fingerprint density at radius 3 is 2.71 bits per heavy atom. The third-order valence-electron chi connectivity index (χ3n) is 2.66. The minimum Gasteiger partial charge on any atom is -0.340 e. The molecule has 0 spiro atoms. The second-order valence-electron chi connectivity index (χ2n) is 4.18. The van der Waals surface area contributed by atoms with Crippen LogP contribution >= 0.6 is 11.6 Å². The molecule has 17 heavy (non-hydrogen) atoms. The molecule has 0 fully saturated rings. The predicted molar refractivity (Wildman–Crippen MR) is 70.8 cm³/mol. The van der Waals surface area contributed by atoms with E-state index in [-0.39, 0.29) is 5.91 Å². The van der Waals surface area contributed by atoms with E-state index < -0.39 is 6.04 Å². The van der Waals surface area contributed by atoms with Gasteiger partial charge < -0.3 is 10.6 Å². The van der Waals surface area contributed by atoms with Crippen LogP contribution in [0.1, 0.15) is 25.3 Å². The first kappa shape index (κ1) is 14.0. The fraction of sp³-hybridized carbons (Fsp3) is 0.462. The zero-order valence-corrected chi connectivity index (χ0v) is 11.1. The van der Waals surface area contributed by atoms with Crippen LogP contribution < -0.4 is 5.73 Å². The SMILES string of the molecule is CCCC(N)C(=O)N(C)Cc1ccccc1Cl. The molecule has 94 valence electrons. The molecule has 0 heterocycles. The van der Waals surface area contributed by atoms with Gasteiger partial charge >= 0.3 is 0 Å². The number of amides is 1. The van der Waals surface area contributed by atoms with Crippen molar-refractivity contribution in [1.82, 2.24) is 4.90 Å². The van der Waals surface area contributed by atoms with Gasteiger partial charge in [0.15, 0.2) is 0 Å². The Hall–Kier alpha value is -1.06. The van der Waals surface area contributed by atoms with E-state index in [2.05, 4.69) is 0 Å². The van der Waals surface area contributed by atoms with E-state index in [0.717, 1.165) is 12.0 Å². The molecule has 0 radical (unpaired) electrons. The van der Waals surface area contributed by atoms with E-state index in [9.17, 15) is 4.79 Å². The first-order chi connectivity index (χ1) is 8.06. The Morgan fingerprint density at radius 2 is 2.12 bits per heavy atom. The van der Waals surface area contributed by atoms with Gasteiger partial charge in [-0.3, -0.25) is 4.79 Å². The summed E-state index contributed by atoms with van der Waals surface area (Å²) >= 11 is 6.04. The first-order valence-corrected chi connectivity index (χ1v) is 6.18. The number of nitrogens with two attached hydrogens (primary N) is 1. The molecule has 4 heteroatoms. The first-order valence-electron chi connectivity index (χ1n) is 5.80. The van der Waals surface area contributed by atoms with Gasteiger partial charge in [-0.2, -0.15) is 0 Å². The van der Waals surface area contributed by atoms with Crippen LogP contribution in [-0.4, -0.2) is 23.9 Å². The number of carbonyl (C=O) groups is 1. The summed E-state index contributed by atoms with van der Waals surface area (Å²) in [6.07, 6.45) is 1.62. The predicted octanol–water partition coefficient (Wildman–Crippen LogP) is 2.43. The molecular weight excluding hydrogens is 236 g/mol. The van der Waals surface area contributed by atoms with Crippen molar-refractivity contribution in [3.05, 3.63) is 34.9 Å². The van der Waals surface area contributed by atoms with Gasteiger partial charge in [0.2, 0.25) is 5.91 Å². The molecule has 0 aliphatic rings. The Morgan fingerprint density at radius 1 is 1.47 bits per heavy atom. The van der Waals surface area contributed by atoms with Crippen LogP contribution in [0.3, 0.4) is 0 Å². The van der Waals surface area contributed by atoms with Gasteiger partial charge in [0.25, 0.3) is 0 Å². The minimum absolute atomic E-state index is 0.0354. The number of halogens is 1. The number of hydrogen-bond donors (Lipinski definition) is 1. The fourth-order valence-corrected chi connectivity index (χ4v) is 1.87. The number of rotatable bonds is 5. The summed E-state index contributed by atoms with van der Waals surface area (Å²) in [4.78, 5) is 13.5. The van der Waals surface area contributed by atoms with Gasteiger partial charge in [-0.1, -0.05) is 43.1 Å². The lowest BCUT2D eigenvalue weighted by molar-refractivity contribution is -0.131. The van der Waals surface area contributed by atoms with Gasteiger partial charge in [0.1, 0.15) is 0 Å². The van der Waals surface area contributed by atoms with Crippen molar-refractivity contribution < 1.29 is 4.79 Å². The summed E-state index contributed by atoms with van der Waals surface area (Å²) in [6, 6.07) is 7.10. The van der Waals surface area contributed by atoms with Gasteiger partial charge in [-0.05, 0) is 18.1 Å². The minimum atomic E-state index is -0.410. The molecule has 0 aliphatic heterocycles. The summed E-state index contributed by atoms with van der Waals surface area (Å²) in [5.41, 5.74) is 6.73. The van der Waals surface area contributed by atoms with Gasteiger partial charge in [0.05, 0.1) is 6.04 Å². The van der Waals surface area contributed by atoms with Gasteiger partial charge in [-0.15, -0.1) is 0 Å². The fourth-order valence-electron chi connectivity index (χ4n) is 1.68. The molecule has 1 aromatic rings.